The average Bonchev–Trinajstić information content (AvgIpc) is 3.33. The van der Waals surface area contributed by atoms with Gasteiger partial charge < -0.3 is 9.84 Å². The van der Waals surface area contributed by atoms with Crippen LogP contribution in [0.25, 0.3) is 0 Å². The zero-order valence-electron chi connectivity index (χ0n) is 28.3. The van der Waals surface area contributed by atoms with Gasteiger partial charge in [0.1, 0.15) is 5.75 Å². The topological polar surface area (TPSA) is 46.5 Å². The van der Waals surface area contributed by atoms with Crippen LogP contribution < -0.4 is 0 Å². The summed E-state index contributed by atoms with van der Waals surface area (Å²) in [6, 6.07) is 5.85. The molecule has 3 aliphatic carbocycles. The summed E-state index contributed by atoms with van der Waals surface area (Å²) in [6.07, 6.45) is 2.26. The molecule has 49 heavy (non-hydrogen) atoms. The van der Waals surface area contributed by atoms with Gasteiger partial charge in [-0.1, -0.05) is 70.1 Å². The van der Waals surface area contributed by atoms with Crippen LogP contribution in [0.5, 0.6) is 5.75 Å². The summed E-state index contributed by atoms with van der Waals surface area (Å²) in [7, 11) is 0.952. The molecule has 0 aliphatic heterocycles. The first-order valence-corrected chi connectivity index (χ1v) is 17.6. The molecule has 0 aromatic heterocycles. The number of benzene rings is 1. The molecule has 0 spiro atoms. The zero-order valence-corrected chi connectivity index (χ0v) is 28.3. The second-order valence-electron chi connectivity index (χ2n) is 14.9. The molecular weight excluding hydrogens is 663 g/mol. The van der Waals surface area contributed by atoms with E-state index >= 15 is 0 Å². The van der Waals surface area contributed by atoms with Gasteiger partial charge in [0, 0.05) is 6.42 Å². The van der Waals surface area contributed by atoms with E-state index in [1.54, 1.807) is 6.07 Å². The Bertz CT molecular complexity index is 1310. The molecule has 3 nitrogen and oxygen atoms in total. The number of unbranched alkanes of at least 4 members (excludes halogenated alkanes) is 6. The fraction of sp³-hybridized carbons (Fsp3) is 0.757. The van der Waals surface area contributed by atoms with Crippen LogP contribution in [0.1, 0.15) is 120 Å². The van der Waals surface area contributed by atoms with Gasteiger partial charge in [-0.25, -0.2) is 0 Å². The van der Waals surface area contributed by atoms with Gasteiger partial charge in [-0.2, -0.15) is 39.5 Å². The molecule has 0 amide bonds. The first-order chi connectivity index (χ1) is 22.8. The molecule has 0 saturated heterocycles. The van der Waals surface area contributed by atoms with Crippen molar-refractivity contribution in [3.63, 3.8) is 0 Å². The lowest BCUT2D eigenvalue weighted by Crippen LogP contribution is -2.60. The van der Waals surface area contributed by atoms with Crippen molar-refractivity contribution in [2.24, 2.45) is 29.1 Å². The molecule has 0 radical (unpaired) electrons. The minimum absolute atomic E-state index is 0.0439. The largest absolute Gasteiger partial charge is 0.508 e. The fourth-order valence-electron chi connectivity index (χ4n) is 9.12. The van der Waals surface area contributed by atoms with Gasteiger partial charge in [0.15, 0.2) is 0 Å². The molecule has 4 rings (SSSR count). The van der Waals surface area contributed by atoms with Crippen LogP contribution in [0.15, 0.2) is 30.4 Å². The van der Waals surface area contributed by atoms with E-state index in [1.807, 2.05) is 6.07 Å². The molecule has 5 unspecified atom stereocenters. The SMILES string of the molecule is C=C1CCC2C3C(CCC12C)c1ccc(O)cc1C[C@H]3CCCCCCCCCC(CCC(F)(F)C(F)(F)C(F)(F)C(F)(F)F)C(=O)OC. The number of carbonyl (C=O) groups is 1. The van der Waals surface area contributed by atoms with Crippen molar-refractivity contribution in [2.75, 3.05) is 7.11 Å². The van der Waals surface area contributed by atoms with E-state index in [-0.39, 0.29) is 11.8 Å². The summed E-state index contributed by atoms with van der Waals surface area (Å²) in [5.74, 6) is -19.2. The smallest absolute Gasteiger partial charge is 0.460 e. The van der Waals surface area contributed by atoms with Gasteiger partial charge >= 0.3 is 29.9 Å². The van der Waals surface area contributed by atoms with E-state index in [0.717, 1.165) is 71.3 Å². The van der Waals surface area contributed by atoms with Crippen LogP contribution in [-0.4, -0.2) is 42.1 Å². The minimum Gasteiger partial charge on any atom is -0.508 e. The zero-order chi connectivity index (χ0) is 36.4. The van der Waals surface area contributed by atoms with Crippen molar-refractivity contribution in [3.05, 3.63) is 41.5 Å². The number of halogens is 9. The highest BCUT2D eigenvalue weighted by molar-refractivity contribution is 5.72. The average molecular weight is 713 g/mol. The van der Waals surface area contributed by atoms with E-state index in [2.05, 4.69) is 24.3 Å². The Morgan fingerprint density at radius 1 is 0.939 bits per heavy atom. The van der Waals surface area contributed by atoms with Gasteiger partial charge in [0.05, 0.1) is 13.0 Å². The lowest BCUT2D eigenvalue weighted by Gasteiger charge is -2.52. The molecule has 2 saturated carbocycles. The number of rotatable bonds is 16. The summed E-state index contributed by atoms with van der Waals surface area (Å²) < 4.78 is 124. The third-order valence-electron chi connectivity index (χ3n) is 12.0. The van der Waals surface area contributed by atoms with Gasteiger partial charge in [-0.3, -0.25) is 4.79 Å². The van der Waals surface area contributed by atoms with Gasteiger partial charge in [-0.05, 0) is 104 Å². The first-order valence-electron chi connectivity index (χ1n) is 17.6. The summed E-state index contributed by atoms with van der Waals surface area (Å²) in [4.78, 5) is 12.1. The van der Waals surface area contributed by atoms with E-state index in [4.69, 9.17) is 0 Å². The van der Waals surface area contributed by atoms with Crippen LogP contribution in [-0.2, 0) is 16.0 Å². The van der Waals surface area contributed by atoms with Gasteiger partial charge in [0.25, 0.3) is 0 Å². The second-order valence-corrected chi connectivity index (χ2v) is 14.9. The molecule has 1 N–H and O–H groups in total. The van der Waals surface area contributed by atoms with Crippen LogP contribution in [0.2, 0.25) is 0 Å². The lowest BCUT2D eigenvalue weighted by molar-refractivity contribution is -0.396. The highest BCUT2D eigenvalue weighted by atomic mass is 19.4. The van der Waals surface area contributed by atoms with Crippen LogP contribution in [0.3, 0.4) is 0 Å². The van der Waals surface area contributed by atoms with E-state index < -0.39 is 48.7 Å². The van der Waals surface area contributed by atoms with Crippen molar-refractivity contribution >= 4 is 5.97 Å². The summed E-state index contributed by atoms with van der Waals surface area (Å²) in [5, 5.41) is 10.2. The predicted octanol–water partition coefficient (Wildman–Crippen LogP) is 11.6. The van der Waals surface area contributed by atoms with E-state index in [0.29, 0.717) is 42.3 Å². The van der Waals surface area contributed by atoms with Crippen molar-refractivity contribution in [1.29, 1.82) is 0 Å². The quantitative estimate of drug-likeness (QED) is 0.0803. The fourth-order valence-corrected chi connectivity index (χ4v) is 9.12. The third kappa shape index (κ3) is 7.92. The number of phenolic OH excluding ortho intramolecular Hbond substituents is 1. The standard InChI is InChI=1S/C37H49F9O3/c1-23-13-16-30-31-25(21-26-22-27(47)14-15-28(26)29(31)18-19-33(23,30)2)12-10-8-6-4-5-7-9-11-24(32(48)49-3)17-20-34(38,39)35(40,41)36(42,43)37(44,45)46/h14-15,22,24-25,29-31,47H,1,4-13,16-21H2,2-3H3/t24?,25-,29?,30?,31?,33?/m1/s1. The monoisotopic (exact) mass is 712 g/mol. The number of aromatic hydroxyl groups is 1. The Morgan fingerprint density at radius 3 is 2.20 bits per heavy atom. The molecule has 3 aliphatic rings. The third-order valence-corrected chi connectivity index (χ3v) is 12.0. The van der Waals surface area contributed by atoms with Crippen molar-refractivity contribution < 1.29 is 54.2 Å². The Balaban J connectivity index is 1.21. The summed E-state index contributed by atoms with van der Waals surface area (Å²) >= 11 is 0. The Morgan fingerprint density at radius 2 is 1.57 bits per heavy atom. The maximum absolute atomic E-state index is 14.0. The number of carbonyl (C=O) groups excluding carboxylic acids is 1. The molecule has 1 aromatic rings. The number of phenols is 1. The maximum Gasteiger partial charge on any atom is 0.460 e. The Labute approximate surface area is 283 Å². The molecule has 12 heteroatoms. The number of ether oxygens (including phenoxy) is 1. The molecular formula is C37H49F9O3. The Hall–Kier alpha value is -2.40. The number of esters is 1. The van der Waals surface area contributed by atoms with Crippen LogP contribution >= 0.6 is 0 Å². The molecule has 278 valence electrons. The second kappa shape index (κ2) is 15.1. The lowest BCUT2D eigenvalue weighted by atomic mass is 9.52. The number of methoxy groups -OCH3 is 1. The number of hydrogen-bond acceptors (Lipinski definition) is 3. The van der Waals surface area contributed by atoms with Crippen molar-refractivity contribution in [3.8, 4) is 5.75 Å². The highest BCUT2D eigenvalue weighted by Crippen LogP contribution is 2.64. The molecule has 1 aromatic carbocycles. The van der Waals surface area contributed by atoms with Gasteiger partial charge in [-0.15, -0.1) is 0 Å². The number of fused-ring (bicyclic) bond motifs is 5. The summed E-state index contributed by atoms with van der Waals surface area (Å²) in [5.41, 5.74) is 4.22. The molecule has 0 heterocycles. The predicted molar refractivity (Wildman–Crippen MR) is 168 cm³/mol. The Kier molecular flexibility index (Phi) is 12.1. The molecule has 6 atom stereocenters. The molecule has 0 bridgehead atoms. The normalized spacial score (nSPS) is 26.6. The van der Waals surface area contributed by atoms with Crippen LogP contribution in [0, 0.1) is 29.1 Å². The number of allylic oxidation sites excluding steroid dienone is 1. The summed E-state index contributed by atoms with van der Waals surface area (Å²) in [6.45, 7) is 6.84. The van der Waals surface area contributed by atoms with E-state index in [9.17, 15) is 49.4 Å². The minimum atomic E-state index is -6.94. The maximum atomic E-state index is 14.0. The first kappa shape index (κ1) is 39.4. The molecule has 2 fully saturated rings. The van der Waals surface area contributed by atoms with Crippen molar-refractivity contribution in [1.82, 2.24) is 0 Å². The highest BCUT2D eigenvalue weighted by Gasteiger charge is 2.81. The van der Waals surface area contributed by atoms with Crippen LogP contribution in [0.4, 0.5) is 39.5 Å². The van der Waals surface area contributed by atoms with Gasteiger partial charge in [0.2, 0.25) is 0 Å². The van der Waals surface area contributed by atoms with E-state index in [1.165, 1.54) is 23.1 Å². The number of alkyl halides is 9. The van der Waals surface area contributed by atoms with Crippen molar-refractivity contribution in [2.45, 2.75) is 140 Å². The number of hydrogen-bond donors (Lipinski definition) is 1.